The molecule has 0 aliphatic carbocycles. The molecule has 0 saturated heterocycles. The Hall–Kier alpha value is -5.54. The molecule has 2 aromatic heterocycles. The summed E-state index contributed by atoms with van der Waals surface area (Å²) in [5.41, 5.74) is 10.2. The fourth-order valence-corrected chi connectivity index (χ4v) is 5.80. The van der Waals surface area contributed by atoms with Crippen molar-refractivity contribution in [2.75, 3.05) is 0 Å². The molecule has 0 N–H and O–H groups in total. The number of nitrogens with zero attached hydrogens (tertiary/aromatic N) is 3. The molecule has 192 valence electrons. The summed E-state index contributed by atoms with van der Waals surface area (Å²) in [6.07, 6.45) is 1.92. The second-order valence-electron chi connectivity index (χ2n) is 10.3. The minimum absolute atomic E-state index is 0.734. The Kier molecular flexibility index (Phi) is 5.46. The molecule has 0 spiro atoms. The van der Waals surface area contributed by atoms with Gasteiger partial charge in [-0.15, -0.1) is 0 Å². The van der Waals surface area contributed by atoms with E-state index in [1.165, 1.54) is 38.5 Å². The Morgan fingerprint density at radius 1 is 0.439 bits per heavy atom. The molecule has 0 amide bonds. The van der Waals surface area contributed by atoms with Crippen molar-refractivity contribution in [1.82, 2.24) is 14.5 Å². The molecule has 2 heterocycles. The molecule has 8 aromatic rings. The highest BCUT2D eigenvalue weighted by atomic mass is 15.0. The van der Waals surface area contributed by atoms with Crippen LogP contribution in [0.1, 0.15) is 0 Å². The van der Waals surface area contributed by atoms with E-state index in [9.17, 15) is 0 Å². The van der Waals surface area contributed by atoms with Crippen molar-refractivity contribution in [3.05, 3.63) is 152 Å². The zero-order chi connectivity index (χ0) is 27.2. The molecule has 0 aliphatic heterocycles. The summed E-state index contributed by atoms with van der Waals surface area (Å²) >= 11 is 0. The third-order valence-electron chi connectivity index (χ3n) is 7.87. The fraction of sp³-hybridized carbons (Fsp3) is 0. The van der Waals surface area contributed by atoms with Crippen LogP contribution in [-0.4, -0.2) is 14.5 Å². The van der Waals surface area contributed by atoms with Gasteiger partial charge in [0, 0.05) is 33.6 Å². The average Bonchev–Trinajstić information content (AvgIpc) is 3.39. The summed E-state index contributed by atoms with van der Waals surface area (Å²) in [5, 5.41) is 3.58. The zero-order valence-electron chi connectivity index (χ0n) is 22.3. The van der Waals surface area contributed by atoms with E-state index >= 15 is 0 Å². The van der Waals surface area contributed by atoms with Crippen LogP contribution >= 0.6 is 0 Å². The highest BCUT2D eigenvalue weighted by molar-refractivity contribution is 6.09. The summed E-state index contributed by atoms with van der Waals surface area (Å²) in [6, 6.07) is 51.3. The van der Waals surface area contributed by atoms with Gasteiger partial charge in [0.15, 0.2) is 5.82 Å². The van der Waals surface area contributed by atoms with Crippen molar-refractivity contribution >= 4 is 32.7 Å². The monoisotopic (exact) mass is 523 g/mol. The van der Waals surface area contributed by atoms with Gasteiger partial charge in [0.25, 0.3) is 0 Å². The molecular formula is C38H25N3. The Balaban J connectivity index is 1.09. The number of hydrogen-bond acceptors (Lipinski definition) is 2. The van der Waals surface area contributed by atoms with E-state index in [4.69, 9.17) is 9.97 Å². The summed E-state index contributed by atoms with van der Waals surface area (Å²) in [4.78, 5) is 9.55. The molecule has 0 aliphatic rings. The normalized spacial score (nSPS) is 11.4. The summed E-state index contributed by atoms with van der Waals surface area (Å²) in [5.74, 6) is 0.734. The highest BCUT2D eigenvalue weighted by Crippen LogP contribution is 2.33. The second kappa shape index (κ2) is 9.58. The Labute approximate surface area is 238 Å². The second-order valence-corrected chi connectivity index (χ2v) is 10.3. The lowest BCUT2D eigenvalue weighted by Gasteiger charge is -2.10. The van der Waals surface area contributed by atoms with Crippen molar-refractivity contribution < 1.29 is 0 Å². The summed E-state index contributed by atoms with van der Waals surface area (Å²) in [6.45, 7) is 0. The van der Waals surface area contributed by atoms with Gasteiger partial charge in [-0.2, -0.15) is 0 Å². The number of fused-ring (bicyclic) bond motifs is 4. The lowest BCUT2D eigenvalue weighted by Crippen LogP contribution is -1.93. The van der Waals surface area contributed by atoms with Crippen LogP contribution in [0.5, 0.6) is 0 Å². The number of benzene rings is 6. The largest absolute Gasteiger partial charge is 0.309 e. The third-order valence-corrected chi connectivity index (χ3v) is 7.87. The van der Waals surface area contributed by atoms with Gasteiger partial charge in [0.1, 0.15) is 0 Å². The molecule has 0 saturated carbocycles. The van der Waals surface area contributed by atoms with Gasteiger partial charge in [-0.05, 0) is 58.7 Å². The lowest BCUT2D eigenvalue weighted by atomic mass is 10.0. The van der Waals surface area contributed by atoms with Crippen LogP contribution in [0.4, 0.5) is 0 Å². The maximum absolute atomic E-state index is 4.86. The third kappa shape index (κ3) is 4.07. The molecule has 0 radical (unpaired) electrons. The first-order valence-electron chi connectivity index (χ1n) is 13.8. The molecule has 0 bridgehead atoms. The maximum Gasteiger partial charge on any atom is 0.159 e. The molecule has 0 unspecified atom stereocenters. The predicted octanol–water partition coefficient (Wildman–Crippen LogP) is 9.73. The van der Waals surface area contributed by atoms with Crippen LogP contribution in [-0.2, 0) is 0 Å². The van der Waals surface area contributed by atoms with Crippen LogP contribution in [0.3, 0.4) is 0 Å². The van der Waals surface area contributed by atoms with Crippen LogP contribution in [0.25, 0.3) is 72.0 Å². The average molecular weight is 524 g/mol. The maximum atomic E-state index is 4.86. The van der Waals surface area contributed by atoms with E-state index in [0.717, 1.165) is 33.5 Å². The minimum Gasteiger partial charge on any atom is -0.309 e. The standard InChI is InChI=1S/C38H25N3/c1-2-8-26(9-3-1)30-20-23-35-31(24-30)25-39-38(40-35)29-16-14-27(15-17-29)28-18-21-32(22-19-28)41-36-12-6-4-10-33(36)34-11-5-7-13-37(34)41/h1-25H. The van der Waals surface area contributed by atoms with Crippen molar-refractivity contribution in [2.24, 2.45) is 0 Å². The van der Waals surface area contributed by atoms with Gasteiger partial charge in [-0.1, -0.05) is 109 Å². The Bertz CT molecular complexity index is 2120. The van der Waals surface area contributed by atoms with E-state index < -0.39 is 0 Å². The highest BCUT2D eigenvalue weighted by Gasteiger charge is 2.12. The van der Waals surface area contributed by atoms with E-state index in [-0.39, 0.29) is 0 Å². The van der Waals surface area contributed by atoms with Crippen LogP contribution < -0.4 is 0 Å². The summed E-state index contributed by atoms with van der Waals surface area (Å²) in [7, 11) is 0. The van der Waals surface area contributed by atoms with Gasteiger partial charge >= 0.3 is 0 Å². The first-order valence-corrected chi connectivity index (χ1v) is 13.8. The van der Waals surface area contributed by atoms with Crippen molar-refractivity contribution in [3.8, 4) is 39.3 Å². The number of hydrogen-bond donors (Lipinski definition) is 0. The van der Waals surface area contributed by atoms with Crippen LogP contribution in [0.2, 0.25) is 0 Å². The zero-order valence-corrected chi connectivity index (χ0v) is 22.3. The number of para-hydroxylation sites is 2. The van der Waals surface area contributed by atoms with Crippen molar-refractivity contribution in [2.45, 2.75) is 0 Å². The molecule has 0 fully saturated rings. The van der Waals surface area contributed by atoms with Gasteiger partial charge in [-0.25, -0.2) is 9.97 Å². The quantitative estimate of drug-likeness (QED) is 0.230. The van der Waals surface area contributed by atoms with Gasteiger partial charge in [-0.3, -0.25) is 0 Å². The van der Waals surface area contributed by atoms with Gasteiger partial charge in [0.05, 0.1) is 16.6 Å². The van der Waals surface area contributed by atoms with E-state index in [1.54, 1.807) is 0 Å². The lowest BCUT2D eigenvalue weighted by molar-refractivity contribution is 1.18. The molecule has 41 heavy (non-hydrogen) atoms. The van der Waals surface area contributed by atoms with E-state index in [0.29, 0.717) is 0 Å². The topological polar surface area (TPSA) is 30.7 Å². The molecule has 0 atom stereocenters. The van der Waals surface area contributed by atoms with Gasteiger partial charge in [0.2, 0.25) is 0 Å². The molecule has 6 aromatic carbocycles. The van der Waals surface area contributed by atoms with Crippen molar-refractivity contribution in [1.29, 1.82) is 0 Å². The molecule has 3 heteroatoms. The Morgan fingerprint density at radius 2 is 0.976 bits per heavy atom. The number of aromatic nitrogens is 3. The van der Waals surface area contributed by atoms with Crippen molar-refractivity contribution in [3.63, 3.8) is 0 Å². The van der Waals surface area contributed by atoms with Gasteiger partial charge < -0.3 is 4.57 Å². The predicted molar refractivity (Wildman–Crippen MR) is 170 cm³/mol. The van der Waals surface area contributed by atoms with Crippen LogP contribution in [0, 0.1) is 0 Å². The van der Waals surface area contributed by atoms with E-state index in [2.05, 4.69) is 144 Å². The molecular weight excluding hydrogens is 498 g/mol. The summed E-state index contributed by atoms with van der Waals surface area (Å²) < 4.78 is 2.34. The Morgan fingerprint density at radius 3 is 1.66 bits per heavy atom. The fourth-order valence-electron chi connectivity index (χ4n) is 5.80. The minimum atomic E-state index is 0.734. The number of rotatable bonds is 4. The molecule has 3 nitrogen and oxygen atoms in total. The smallest absolute Gasteiger partial charge is 0.159 e. The SMILES string of the molecule is c1ccc(-c2ccc3nc(-c4ccc(-c5ccc(-n6c7ccccc7c7ccccc76)cc5)cc4)ncc3c2)cc1. The molecule has 8 rings (SSSR count). The first kappa shape index (κ1) is 23.4. The van der Waals surface area contributed by atoms with Crippen LogP contribution in [0.15, 0.2) is 152 Å². The first-order chi connectivity index (χ1) is 20.3. The van der Waals surface area contributed by atoms with E-state index in [1.807, 2.05) is 12.3 Å².